The molecule has 1 aliphatic heterocycles. The van der Waals surface area contributed by atoms with Crippen LogP contribution in [0.2, 0.25) is 0 Å². The molecule has 0 bridgehead atoms. The van der Waals surface area contributed by atoms with Gasteiger partial charge < -0.3 is 14.8 Å². The summed E-state index contributed by atoms with van der Waals surface area (Å²) in [6.45, 7) is 3.29. The van der Waals surface area contributed by atoms with Crippen molar-refractivity contribution < 1.29 is 9.47 Å². The van der Waals surface area contributed by atoms with Crippen molar-refractivity contribution in [3.8, 4) is 5.19 Å². The molecule has 1 saturated carbocycles. The second kappa shape index (κ2) is 5.95. The van der Waals surface area contributed by atoms with Gasteiger partial charge in [0.15, 0.2) is 0 Å². The van der Waals surface area contributed by atoms with Crippen LogP contribution in [0.4, 0.5) is 0 Å². The Bertz CT molecular complexity index is 375. The predicted octanol–water partition coefficient (Wildman–Crippen LogP) is 1.60. The third kappa shape index (κ3) is 3.63. The zero-order valence-electron chi connectivity index (χ0n) is 10.4. The van der Waals surface area contributed by atoms with Gasteiger partial charge in [0, 0.05) is 19.3 Å². The summed E-state index contributed by atoms with van der Waals surface area (Å²) < 4.78 is 11.0. The Balaban J connectivity index is 1.41. The van der Waals surface area contributed by atoms with E-state index >= 15 is 0 Å². The Morgan fingerprint density at radius 3 is 2.83 bits per heavy atom. The minimum Gasteiger partial charge on any atom is -0.469 e. The van der Waals surface area contributed by atoms with E-state index in [-0.39, 0.29) is 0 Å². The highest BCUT2D eigenvalue weighted by Crippen LogP contribution is 2.23. The Kier molecular flexibility index (Phi) is 4.07. The summed E-state index contributed by atoms with van der Waals surface area (Å²) in [6.07, 6.45) is 4.78. The van der Waals surface area contributed by atoms with Gasteiger partial charge in [-0.25, -0.2) is 0 Å². The molecular formula is C12H19N3O2S. The fourth-order valence-electron chi connectivity index (χ4n) is 1.99. The van der Waals surface area contributed by atoms with E-state index in [9.17, 15) is 0 Å². The fourth-order valence-corrected chi connectivity index (χ4v) is 2.64. The van der Waals surface area contributed by atoms with Crippen LogP contribution in [0.3, 0.4) is 0 Å². The second-order valence-corrected chi connectivity index (χ2v) is 6.01. The zero-order valence-corrected chi connectivity index (χ0v) is 11.2. The molecule has 1 aromatic rings. The molecule has 1 N–H and O–H groups in total. The van der Waals surface area contributed by atoms with E-state index in [4.69, 9.17) is 9.47 Å². The zero-order chi connectivity index (χ0) is 12.2. The Hall–Kier alpha value is -0.720. The lowest BCUT2D eigenvalue weighted by molar-refractivity contribution is 0.0496. The Morgan fingerprint density at radius 2 is 2.06 bits per heavy atom. The molecule has 0 amide bonds. The number of rotatable bonds is 6. The number of hydrogen-bond acceptors (Lipinski definition) is 6. The molecule has 0 atom stereocenters. The fraction of sp³-hybridized carbons (Fsp3) is 0.833. The first-order valence-electron chi connectivity index (χ1n) is 6.66. The SMILES string of the molecule is C1CC(COc2nnc(CNC3CC3)s2)CCO1. The first kappa shape index (κ1) is 12.3. The average molecular weight is 269 g/mol. The molecule has 100 valence electrons. The number of nitrogens with zero attached hydrogens (tertiary/aromatic N) is 2. The van der Waals surface area contributed by atoms with E-state index in [2.05, 4.69) is 15.5 Å². The van der Waals surface area contributed by atoms with Crippen molar-refractivity contribution in [2.75, 3.05) is 19.8 Å². The van der Waals surface area contributed by atoms with Gasteiger partial charge >= 0.3 is 0 Å². The molecule has 1 aromatic heterocycles. The van der Waals surface area contributed by atoms with Crippen molar-refractivity contribution in [1.29, 1.82) is 0 Å². The van der Waals surface area contributed by atoms with Crippen LogP contribution in [0.25, 0.3) is 0 Å². The van der Waals surface area contributed by atoms with Gasteiger partial charge in [-0.3, -0.25) is 0 Å². The van der Waals surface area contributed by atoms with Crippen LogP contribution in [-0.2, 0) is 11.3 Å². The molecule has 6 heteroatoms. The standard InChI is InChI=1S/C12H19N3O2S/c1-2-10(1)13-7-11-14-15-12(18-11)17-8-9-3-5-16-6-4-9/h9-10,13H,1-8H2. The van der Waals surface area contributed by atoms with Gasteiger partial charge in [0.1, 0.15) is 5.01 Å². The van der Waals surface area contributed by atoms with Crippen LogP contribution in [0.15, 0.2) is 0 Å². The number of aromatic nitrogens is 2. The van der Waals surface area contributed by atoms with E-state index in [0.29, 0.717) is 17.2 Å². The average Bonchev–Trinajstić information content (AvgIpc) is 3.14. The van der Waals surface area contributed by atoms with E-state index in [0.717, 1.165) is 44.2 Å². The van der Waals surface area contributed by atoms with E-state index in [1.807, 2.05) is 0 Å². The van der Waals surface area contributed by atoms with Crippen molar-refractivity contribution in [3.05, 3.63) is 5.01 Å². The second-order valence-electron chi connectivity index (χ2n) is 4.98. The summed E-state index contributed by atoms with van der Waals surface area (Å²) in [5.41, 5.74) is 0. The monoisotopic (exact) mass is 269 g/mol. The van der Waals surface area contributed by atoms with Crippen LogP contribution in [-0.4, -0.2) is 36.1 Å². The van der Waals surface area contributed by atoms with Crippen molar-refractivity contribution in [3.63, 3.8) is 0 Å². The topological polar surface area (TPSA) is 56.3 Å². The van der Waals surface area contributed by atoms with Crippen molar-refractivity contribution in [2.45, 2.75) is 38.3 Å². The van der Waals surface area contributed by atoms with Gasteiger partial charge in [-0.15, -0.1) is 10.2 Å². The van der Waals surface area contributed by atoms with E-state index in [1.54, 1.807) is 11.3 Å². The minimum absolute atomic E-state index is 0.607. The van der Waals surface area contributed by atoms with Gasteiger partial charge in [-0.05, 0) is 31.6 Å². The van der Waals surface area contributed by atoms with E-state index < -0.39 is 0 Å². The molecule has 1 aliphatic carbocycles. The molecule has 0 aromatic carbocycles. The van der Waals surface area contributed by atoms with Gasteiger partial charge in [-0.1, -0.05) is 11.3 Å². The summed E-state index contributed by atoms with van der Waals surface area (Å²) >= 11 is 1.55. The molecule has 2 fully saturated rings. The minimum atomic E-state index is 0.607. The maximum absolute atomic E-state index is 5.71. The maximum Gasteiger partial charge on any atom is 0.294 e. The van der Waals surface area contributed by atoms with Gasteiger partial charge in [0.05, 0.1) is 13.2 Å². The Morgan fingerprint density at radius 1 is 1.22 bits per heavy atom. The normalized spacial score (nSPS) is 21.1. The molecule has 0 radical (unpaired) electrons. The molecule has 2 aliphatic rings. The summed E-state index contributed by atoms with van der Waals surface area (Å²) in [4.78, 5) is 0. The quantitative estimate of drug-likeness (QED) is 0.850. The molecule has 18 heavy (non-hydrogen) atoms. The smallest absolute Gasteiger partial charge is 0.294 e. The van der Waals surface area contributed by atoms with Crippen LogP contribution in [0.5, 0.6) is 5.19 Å². The van der Waals surface area contributed by atoms with Crippen molar-refractivity contribution in [2.24, 2.45) is 5.92 Å². The number of hydrogen-bond donors (Lipinski definition) is 1. The molecular weight excluding hydrogens is 250 g/mol. The van der Waals surface area contributed by atoms with Crippen LogP contribution in [0, 0.1) is 5.92 Å². The molecule has 1 saturated heterocycles. The summed E-state index contributed by atoms with van der Waals surface area (Å²) in [7, 11) is 0. The maximum atomic E-state index is 5.71. The predicted molar refractivity (Wildman–Crippen MR) is 68.8 cm³/mol. The molecule has 0 spiro atoms. The highest BCUT2D eigenvalue weighted by atomic mass is 32.1. The largest absolute Gasteiger partial charge is 0.469 e. The highest BCUT2D eigenvalue weighted by Gasteiger charge is 2.21. The molecule has 2 heterocycles. The van der Waals surface area contributed by atoms with Gasteiger partial charge in [-0.2, -0.15) is 0 Å². The lowest BCUT2D eigenvalue weighted by Crippen LogP contribution is -2.21. The highest BCUT2D eigenvalue weighted by molar-refractivity contribution is 7.13. The Labute approximate surface area is 111 Å². The van der Waals surface area contributed by atoms with Crippen LogP contribution < -0.4 is 10.1 Å². The molecule has 0 unspecified atom stereocenters. The molecule has 3 rings (SSSR count). The number of ether oxygens (including phenoxy) is 2. The lowest BCUT2D eigenvalue weighted by atomic mass is 10.0. The van der Waals surface area contributed by atoms with Crippen molar-refractivity contribution >= 4 is 11.3 Å². The summed E-state index contributed by atoms with van der Waals surface area (Å²) in [6, 6.07) is 0.709. The van der Waals surface area contributed by atoms with Gasteiger partial charge in [0.2, 0.25) is 0 Å². The lowest BCUT2D eigenvalue weighted by Gasteiger charge is -2.21. The molecule has 5 nitrogen and oxygen atoms in total. The number of nitrogens with one attached hydrogen (secondary N) is 1. The summed E-state index contributed by atoms with van der Waals surface area (Å²) in [5, 5.41) is 13.4. The van der Waals surface area contributed by atoms with Crippen molar-refractivity contribution in [1.82, 2.24) is 15.5 Å². The first-order valence-corrected chi connectivity index (χ1v) is 7.48. The third-order valence-corrected chi connectivity index (χ3v) is 4.19. The van der Waals surface area contributed by atoms with Crippen LogP contribution in [0.1, 0.15) is 30.7 Å². The summed E-state index contributed by atoms with van der Waals surface area (Å²) in [5.74, 6) is 0.607. The third-order valence-electron chi connectivity index (χ3n) is 3.35. The van der Waals surface area contributed by atoms with E-state index in [1.165, 1.54) is 12.8 Å². The van der Waals surface area contributed by atoms with Crippen LogP contribution >= 0.6 is 11.3 Å². The van der Waals surface area contributed by atoms with Gasteiger partial charge in [0.25, 0.3) is 5.19 Å². The first-order chi connectivity index (χ1) is 8.90.